The number of thioether (sulfide) groups is 1. The van der Waals surface area contributed by atoms with Crippen LogP contribution in [0, 0.1) is 0 Å². The van der Waals surface area contributed by atoms with Crippen LogP contribution in [-0.2, 0) is 22.7 Å². The number of hydrogen-bond acceptors (Lipinski definition) is 6. The molecule has 1 aliphatic heterocycles. The molecule has 2 aromatic carbocycles. The summed E-state index contributed by atoms with van der Waals surface area (Å²) in [5.74, 6) is 5.02. The second kappa shape index (κ2) is 9.41. The minimum Gasteiger partial charge on any atom is -0.306 e. The smallest absolute Gasteiger partial charge is 0.222 e. The molecule has 1 amide bonds. The number of nitrogens with two attached hydrogens (primary N) is 1. The number of aliphatic imine (C=N–C) groups is 1. The number of benzene rings is 2. The number of hydrogen-bond donors (Lipinski definition) is 3. The maximum Gasteiger partial charge on any atom is 0.222 e. The van der Waals surface area contributed by atoms with Crippen molar-refractivity contribution in [3.63, 3.8) is 0 Å². The van der Waals surface area contributed by atoms with Crippen LogP contribution in [0.15, 0.2) is 58.4 Å². The quantitative estimate of drug-likeness (QED) is 0.510. The van der Waals surface area contributed by atoms with Gasteiger partial charge in [0, 0.05) is 11.8 Å². The molecule has 0 aromatic heterocycles. The second-order valence-corrected chi connectivity index (χ2v) is 8.13. The van der Waals surface area contributed by atoms with Crippen molar-refractivity contribution < 1.29 is 9.63 Å². The first-order valence-electron chi connectivity index (χ1n) is 8.75. The Balaban J connectivity index is 1.70. The molecule has 142 valence electrons. The molecule has 2 unspecified atom stereocenters. The van der Waals surface area contributed by atoms with Crippen LogP contribution in [0.3, 0.4) is 0 Å². The zero-order valence-corrected chi connectivity index (χ0v) is 16.8. The molecule has 1 heterocycles. The molecule has 2 atom stereocenters. The van der Waals surface area contributed by atoms with Crippen molar-refractivity contribution in [2.45, 2.75) is 42.6 Å². The molecule has 0 spiro atoms. The van der Waals surface area contributed by atoms with Crippen LogP contribution in [0.2, 0.25) is 0 Å². The van der Waals surface area contributed by atoms with Crippen LogP contribution in [0.4, 0.5) is 0 Å². The van der Waals surface area contributed by atoms with Gasteiger partial charge in [0.2, 0.25) is 5.91 Å². The normalized spacial score (nSPS) is 19.0. The molecule has 1 aliphatic rings. The van der Waals surface area contributed by atoms with E-state index in [0.717, 1.165) is 23.3 Å². The number of thiol groups is 1. The number of amides is 1. The number of nitrogens with one attached hydrogen (secondary N) is 1. The zero-order valence-electron chi connectivity index (χ0n) is 15.1. The largest absolute Gasteiger partial charge is 0.306 e. The van der Waals surface area contributed by atoms with Crippen molar-refractivity contribution >= 4 is 35.5 Å². The fourth-order valence-corrected chi connectivity index (χ4v) is 4.48. The Bertz CT molecular complexity index is 807. The summed E-state index contributed by atoms with van der Waals surface area (Å²) < 4.78 is 0. The van der Waals surface area contributed by atoms with Crippen molar-refractivity contribution in [1.82, 2.24) is 5.32 Å². The summed E-state index contributed by atoms with van der Waals surface area (Å²) in [6, 6.07) is 16.5. The highest BCUT2D eigenvalue weighted by molar-refractivity contribution is 8.14. The average Bonchev–Trinajstić information content (AvgIpc) is 3.04. The maximum atomic E-state index is 11.4. The van der Waals surface area contributed by atoms with E-state index in [9.17, 15) is 4.79 Å². The summed E-state index contributed by atoms with van der Waals surface area (Å²) in [5.41, 5.74) is 3.49. The SMILES string of the molecule is CC(=O)NC1=NC(CCc2ccc(CON)cc2)C(c2ccc(S)cc2)S1. The monoisotopic (exact) mass is 401 g/mol. The number of carbonyl (C=O) groups is 1. The van der Waals surface area contributed by atoms with Crippen LogP contribution in [0.5, 0.6) is 0 Å². The minimum absolute atomic E-state index is 0.0935. The van der Waals surface area contributed by atoms with E-state index in [4.69, 9.17) is 10.9 Å². The summed E-state index contributed by atoms with van der Waals surface area (Å²) in [4.78, 5) is 21.8. The van der Waals surface area contributed by atoms with Crippen molar-refractivity contribution in [2.24, 2.45) is 10.9 Å². The van der Waals surface area contributed by atoms with Gasteiger partial charge in [-0.15, -0.1) is 12.6 Å². The van der Waals surface area contributed by atoms with Gasteiger partial charge in [-0.25, -0.2) is 5.90 Å². The molecule has 27 heavy (non-hydrogen) atoms. The molecule has 3 N–H and O–H groups in total. The molecule has 2 aromatic rings. The summed E-state index contributed by atoms with van der Waals surface area (Å²) in [6.45, 7) is 1.92. The van der Waals surface area contributed by atoms with Gasteiger partial charge >= 0.3 is 0 Å². The van der Waals surface area contributed by atoms with Crippen LogP contribution in [0.1, 0.15) is 35.3 Å². The molecule has 0 bridgehead atoms. The van der Waals surface area contributed by atoms with Crippen LogP contribution in [0.25, 0.3) is 0 Å². The summed E-state index contributed by atoms with van der Waals surface area (Å²) in [5, 5.41) is 3.72. The molecule has 0 fully saturated rings. The van der Waals surface area contributed by atoms with E-state index in [-0.39, 0.29) is 17.2 Å². The predicted molar refractivity (Wildman–Crippen MR) is 113 cm³/mol. The first-order chi connectivity index (χ1) is 13.0. The second-order valence-electron chi connectivity index (χ2n) is 6.48. The van der Waals surface area contributed by atoms with Crippen LogP contribution < -0.4 is 11.2 Å². The Morgan fingerprint density at radius 3 is 2.48 bits per heavy atom. The number of amidine groups is 1. The van der Waals surface area contributed by atoms with Crippen molar-refractivity contribution in [1.29, 1.82) is 0 Å². The Kier molecular flexibility index (Phi) is 6.95. The highest BCUT2D eigenvalue weighted by atomic mass is 32.2. The average molecular weight is 402 g/mol. The topological polar surface area (TPSA) is 76.7 Å². The Hall–Kier alpha value is -1.80. The lowest BCUT2D eigenvalue weighted by Crippen LogP contribution is -2.24. The van der Waals surface area contributed by atoms with Gasteiger partial charge in [0.05, 0.1) is 17.9 Å². The lowest BCUT2D eigenvalue weighted by Gasteiger charge is -2.17. The van der Waals surface area contributed by atoms with Gasteiger partial charge in [-0.3, -0.25) is 14.6 Å². The van der Waals surface area contributed by atoms with Crippen LogP contribution >= 0.6 is 24.4 Å². The molecule has 0 saturated carbocycles. The van der Waals surface area contributed by atoms with E-state index >= 15 is 0 Å². The van der Waals surface area contributed by atoms with E-state index in [0.29, 0.717) is 11.8 Å². The van der Waals surface area contributed by atoms with Crippen LogP contribution in [-0.4, -0.2) is 17.1 Å². The summed E-state index contributed by atoms with van der Waals surface area (Å²) in [6.07, 6.45) is 1.81. The molecule has 7 heteroatoms. The summed E-state index contributed by atoms with van der Waals surface area (Å²) >= 11 is 5.98. The van der Waals surface area contributed by atoms with Crippen molar-refractivity contribution in [3.8, 4) is 0 Å². The molecule has 0 aliphatic carbocycles. The standard InChI is InChI=1S/C20H23N3O2S2/c1-13(24)22-20-23-18(19(27-20)16-7-9-17(26)10-8-16)11-6-14-2-4-15(5-3-14)12-25-21/h2-5,7-10,18-19,26H,6,11-12,21H2,1H3,(H,22,23,24). The molecule has 3 rings (SSSR count). The van der Waals surface area contributed by atoms with Crippen molar-refractivity contribution in [2.75, 3.05) is 0 Å². The first-order valence-corrected chi connectivity index (χ1v) is 10.1. The van der Waals surface area contributed by atoms with E-state index in [1.807, 2.05) is 24.3 Å². The maximum absolute atomic E-state index is 11.4. The number of rotatable bonds is 6. The number of nitrogens with zero attached hydrogens (tertiary/aromatic N) is 1. The number of aryl methyl sites for hydroxylation is 1. The van der Waals surface area contributed by atoms with Gasteiger partial charge in [0.1, 0.15) is 0 Å². The highest BCUT2D eigenvalue weighted by Crippen LogP contribution is 2.41. The van der Waals surface area contributed by atoms with Gasteiger partial charge in [-0.2, -0.15) is 0 Å². The van der Waals surface area contributed by atoms with Gasteiger partial charge in [0.25, 0.3) is 0 Å². The van der Waals surface area contributed by atoms with E-state index < -0.39 is 0 Å². The fourth-order valence-electron chi connectivity index (χ4n) is 3.04. The van der Waals surface area contributed by atoms with Gasteiger partial charge in [-0.1, -0.05) is 48.2 Å². The van der Waals surface area contributed by atoms with Gasteiger partial charge < -0.3 is 5.32 Å². The van der Waals surface area contributed by atoms with E-state index in [1.165, 1.54) is 18.1 Å². The molecular formula is C20H23N3O2S2. The highest BCUT2D eigenvalue weighted by Gasteiger charge is 2.31. The molecule has 0 saturated heterocycles. The van der Waals surface area contributed by atoms with E-state index in [1.54, 1.807) is 11.8 Å². The first kappa shape index (κ1) is 19.9. The number of carbonyl (C=O) groups excluding carboxylic acids is 1. The van der Waals surface area contributed by atoms with Gasteiger partial charge in [0.15, 0.2) is 5.17 Å². The third-order valence-electron chi connectivity index (χ3n) is 4.38. The lowest BCUT2D eigenvalue weighted by molar-refractivity contribution is -0.117. The lowest BCUT2D eigenvalue weighted by atomic mass is 9.98. The third kappa shape index (κ3) is 5.59. The van der Waals surface area contributed by atoms with E-state index in [2.05, 4.69) is 47.0 Å². The zero-order chi connectivity index (χ0) is 19.2. The molecule has 0 radical (unpaired) electrons. The fraction of sp³-hybridized carbons (Fsp3) is 0.300. The Morgan fingerprint density at radius 2 is 1.85 bits per heavy atom. The third-order valence-corrected chi connectivity index (χ3v) is 5.95. The summed E-state index contributed by atoms with van der Waals surface area (Å²) in [7, 11) is 0. The van der Waals surface area contributed by atoms with Gasteiger partial charge in [-0.05, 0) is 41.7 Å². The Labute approximate surface area is 169 Å². The minimum atomic E-state index is -0.0935. The van der Waals surface area contributed by atoms with Crippen molar-refractivity contribution in [3.05, 3.63) is 65.2 Å². The molecule has 5 nitrogen and oxygen atoms in total. The molecular weight excluding hydrogens is 378 g/mol. The Morgan fingerprint density at radius 1 is 1.19 bits per heavy atom. The predicted octanol–water partition coefficient (Wildman–Crippen LogP) is 3.65.